The number of ether oxygens (including phenoxy) is 2. The Kier molecular flexibility index (Phi) is 6.63. The monoisotopic (exact) mass is 383 g/mol. The van der Waals surface area contributed by atoms with Crippen molar-refractivity contribution >= 4 is 21.7 Å². The maximum absolute atomic E-state index is 12.5. The fourth-order valence-corrected chi connectivity index (χ4v) is 4.71. The number of rotatable bonds is 7. The van der Waals surface area contributed by atoms with E-state index in [9.17, 15) is 18.0 Å². The summed E-state index contributed by atoms with van der Waals surface area (Å²) in [5, 5.41) is 0. The lowest BCUT2D eigenvalue weighted by atomic mass is 10.2. The number of hydrogen-bond acceptors (Lipinski definition) is 6. The van der Waals surface area contributed by atoms with E-state index in [1.165, 1.54) is 11.8 Å². The topological polar surface area (TPSA) is 90.0 Å². The first-order valence-corrected chi connectivity index (χ1v) is 10.4. The maximum Gasteiger partial charge on any atom is 0.344 e. The van der Waals surface area contributed by atoms with Crippen molar-refractivity contribution < 1.29 is 27.5 Å². The molecule has 2 unspecified atom stereocenters. The van der Waals surface area contributed by atoms with Crippen LogP contribution in [0.4, 0.5) is 0 Å². The summed E-state index contributed by atoms with van der Waals surface area (Å²) in [5.74, 6) is -0.447. The van der Waals surface area contributed by atoms with Gasteiger partial charge in [0.1, 0.15) is 5.75 Å². The molecule has 2 atom stereocenters. The third-order valence-corrected chi connectivity index (χ3v) is 6.03. The number of esters is 1. The zero-order valence-corrected chi connectivity index (χ0v) is 16.1. The number of likely N-dealkylation sites (N-methyl/N-ethyl adjacent to an activating group) is 1. The Balaban J connectivity index is 1.87. The van der Waals surface area contributed by atoms with E-state index in [1.807, 2.05) is 19.1 Å². The van der Waals surface area contributed by atoms with E-state index in [0.29, 0.717) is 18.7 Å². The summed E-state index contributed by atoms with van der Waals surface area (Å²) in [4.78, 5) is 26.0. The van der Waals surface area contributed by atoms with Crippen LogP contribution in [0.3, 0.4) is 0 Å². The highest BCUT2D eigenvalue weighted by molar-refractivity contribution is 7.91. The fourth-order valence-electron chi connectivity index (χ4n) is 2.98. The fraction of sp³-hybridized carbons (Fsp3) is 0.556. The highest BCUT2D eigenvalue weighted by atomic mass is 32.2. The minimum atomic E-state index is -3.10. The molecule has 1 aromatic carbocycles. The molecule has 1 heterocycles. The molecule has 144 valence electrons. The van der Waals surface area contributed by atoms with Crippen molar-refractivity contribution in [2.24, 2.45) is 0 Å². The van der Waals surface area contributed by atoms with E-state index < -0.39 is 27.8 Å². The summed E-state index contributed by atoms with van der Waals surface area (Å²) >= 11 is 0. The number of nitrogens with zero attached hydrogens (tertiary/aromatic N) is 1. The number of aryl methyl sites for hydroxylation is 1. The van der Waals surface area contributed by atoms with Crippen LogP contribution in [-0.4, -0.2) is 62.0 Å². The van der Waals surface area contributed by atoms with Crippen LogP contribution in [-0.2, 0) is 24.2 Å². The lowest BCUT2D eigenvalue weighted by Gasteiger charge is -2.29. The molecule has 0 aliphatic carbocycles. The normalized spacial score (nSPS) is 19.6. The molecule has 26 heavy (non-hydrogen) atoms. The molecular weight excluding hydrogens is 358 g/mol. The average molecular weight is 383 g/mol. The van der Waals surface area contributed by atoms with Crippen molar-refractivity contribution in [3.05, 3.63) is 29.8 Å². The summed E-state index contributed by atoms with van der Waals surface area (Å²) in [6.45, 7) is 5.23. The van der Waals surface area contributed by atoms with E-state index in [-0.39, 0.29) is 24.2 Å². The van der Waals surface area contributed by atoms with Gasteiger partial charge in [-0.2, -0.15) is 0 Å². The molecule has 1 aliphatic rings. The van der Waals surface area contributed by atoms with Crippen LogP contribution in [0.1, 0.15) is 25.8 Å². The number of carbonyl (C=O) groups excluding carboxylic acids is 2. The largest absolute Gasteiger partial charge is 0.482 e. The summed E-state index contributed by atoms with van der Waals surface area (Å²) in [7, 11) is -3.10. The molecule has 1 saturated heterocycles. The van der Waals surface area contributed by atoms with Gasteiger partial charge in [-0.3, -0.25) is 4.79 Å². The lowest BCUT2D eigenvalue weighted by Crippen LogP contribution is -2.46. The Bertz CT molecular complexity index is 761. The third-order valence-electron chi connectivity index (χ3n) is 4.28. The van der Waals surface area contributed by atoms with Gasteiger partial charge in [0.05, 0.1) is 11.5 Å². The Morgan fingerprint density at radius 2 is 2.08 bits per heavy atom. The molecule has 2 rings (SSSR count). The summed E-state index contributed by atoms with van der Waals surface area (Å²) in [6, 6.07) is 6.89. The molecule has 0 saturated carbocycles. The molecule has 0 radical (unpaired) electrons. The van der Waals surface area contributed by atoms with Crippen molar-refractivity contribution in [1.29, 1.82) is 0 Å². The first-order valence-electron chi connectivity index (χ1n) is 8.61. The minimum Gasteiger partial charge on any atom is -0.482 e. The number of sulfone groups is 1. The van der Waals surface area contributed by atoms with Gasteiger partial charge in [0.2, 0.25) is 0 Å². The quantitative estimate of drug-likeness (QED) is 0.660. The lowest BCUT2D eigenvalue weighted by molar-refractivity contribution is -0.161. The van der Waals surface area contributed by atoms with Crippen LogP contribution in [0.2, 0.25) is 0 Å². The molecule has 1 fully saturated rings. The van der Waals surface area contributed by atoms with E-state index in [2.05, 4.69) is 0 Å². The van der Waals surface area contributed by atoms with Crippen molar-refractivity contribution in [3.63, 3.8) is 0 Å². The van der Waals surface area contributed by atoms with Crippen LogP contribution in [0, 0.1) is 6.92 Å². The number of amides is 1. The number of benzene rings is 1. The van der Waals surface area contributed by atoms with Gasteiger partial charge in [0, 0.05) is 12.6 Å². The van der Waals surface area contributed by atoms with Crippen LogP contribution in [0.15, 0.2) is 24.3 Å². The van der Waals surface area contributed by atoms with E-state index in [0.717, 1.165) is 5.56 Å². The Morgan fingerprint density at radius 3 is 2.65 bits per heavy atom. The SMILES string of the molecule is CCN(C(=O)C(C)OC(=O)COc1cccc(C)c1)C1CCS(=O)(=O)C1. The third kappa shape index (κ3) is 5.45. The second-order valence-electron chi connectivity index (χ2n) is 6.42. The van der Waals surface area contributed by atoms with Gasteiger partial charge in [0.15, 0.2) is 22.5 Å². The number of hydrogen-bond donors (Lipinski definition) is 0. The highest BCUT2D eigenvalue weighted by Crippen LogP contribution is 2.19. The molecule has 1 aliphatic heterocycles. The molecule has 8 heteroatoms. The molecule has 0 aromatic heterocycles. The molecular formula is C18H25NO6S. The second kappa shape index (κ2) is 8.53. The zero-order chi connectivity index (χ0) is 19.3. The zero-order valence-electron chi connectivity index (χ0n) is 15.3. The minimum absolute atomic E-state index is 0.0380. The van der Waals surface area contributed by atoms with Crippen molar-refractivity contribution in [1.82, 2.24) is 4.90 Å². The molecule has 1 amide bonds. The average Bonchev–Trinajstić information content (AvgIpc) is 2.93. The second-order valence-corrected chi connectivity index (χ2v) is 8.65. The van der Waals surface area contributed by atoms with E-state index in [4.69, 9.17) is 9.47 Å². The Hall–Kier alpha value is -2.09. The first-order chi connectivity index (χ1) is 12.2. The van der Waals surface area contributed by atoms with Gasteiger partial charge >= 0.3 is 5.97 Å². The summed E-state index contributed by atoms with van der Waals surface area (Å²) < 4.78 is 33.8. The predicted octanol–water partition coefficient (Wildman–Crippen LogP) is 1.34. The molecule has 7 nitrogen and oxygen atoms in total. The maximum atomic E-state index is 12.5. The molecule has 1 aromatic rings. The van der Waals surface area contributed by atoms with Gasteiger partial charge < -0.3 is 14.4 Å². The molecule has 0 spiro atoms. The van der Waals surface area contributed by atoms with Gasteiger partial charge in [-0.15, -0.1) is 0 Å². The van der Waals surface area contributed by atoms with Crippen LogP contribution in [0.5, 0.6) is 5.75 Å². The van der Waals surface area contributed by atoms with Crippen LogP contribution >= 0.6 is 0 Å². The van der Waals surface area contributed by atoms with Gasteiger partial charge in [-0.25, -0.2) is 13.2 Å². The van der Waals surface area contributed by atoms with Crippen molar-refractivity contribution in [2.75, 3.05) is 24.7 Å². The molecule has 0 N–H and O–H groups in total. The van der Waals surface area contributed by atoms with Gasteiger partial charge in [-0.1, -0.05) is 12.1 Å². The molecule has 0 bridgehead atoms. The highest BCUT2D eigenvalue weighted by Gasteiger charge is 2.36. The van der Waals surface area contributed by atoms with Crippen molar-refractivity contribution in [3.8, 4) is 5.75 Å². The Morgan fingerprint density at radius 1 is 1.35 bits per heavy atom. The summed E-state index contributed by atoms with van der Waals surface area (Å²) in [6.07, 6.45) is -0.578. The first kappa shape index (κ1) is 20.2. The Labute approximate surface area is 154 Å². The predicted molar refractivity (Wildman–Crippen MR) is 96.7 cm³/mol. The van der Waals surface area contributed by atoms with Crippen LogP contribution < -0.4 is 4.74 Å². The number of carbonyl (C=O) groups is 2. The van der Waals surface area contributed by atoms with Gasteiger partial charge in [0.25, 0.3) is 5.91 Å². The standard InChI is InChI=1S/C18H25NO6S/c1-4-19(15-8-9-26(22,23)12-15)18(21)14(3)25-17(20)11-24-16-7-5-6-13(2)10-16/h5-7,10,14-15H,4,8-9,11-12H2,1-3H3. The van der Waals surface area contributed by atoms with Gasteiger partial charge in [-0.05, 0) is 44.9 Å². The smallest absolute Gasteiger partial charge is 0.344 e. The van der Waals surface area contributed by atoms with E-state index >= 15 is 0 Å². The summed E-state index contributed by atoms with van der Waals surface area (Å²) in [5.41, 5.74) is 1.00. The van der Waals surface area contributed by atoms with Crippen molar-refractivity contribution in [2.45, 2.75) is 39.3 Å². The van der Waals surface area contributed by atoms with E-state index in [1.54, 1.807) is 19.1 Å². The van der Waals surface area contributed by atoms with Crippen LogP contribution in [0.25, 0.3) is 0 Å².